The van der Waals surface area contributed by atoms with E-state index >= 15 is 0 Å². The minimum absolute atomic E-state index is 0.00222. The second-order valence-corrected chi connectivity index (χ2v) is 9.48. The first-order valence-electron chi connectivity index (χ1n) is 12.4. The van der Waals surface area contributed by atoms with Gasteiger partial charge in [-0.2, -0.15) is 0 Å². The maximum atomic E-state index is 13.7. The van der Waals surface area contributed by atoms with E-state index in [0.29, 0.717) is 18.5 Å². The molecule has 0 spiro atoms. The topological polar surface area (TPSA) is 122 Å². The number of piperidine rings is 1. The number of allylic oxidation sites excluding steroid dienone is 2. The van der Waals surface area contributed by atoms with Crippen molar-refractivity contribution in [3.05, 3.63) is 98.4 Å². The molecule has 2 unspecified atom stereocenters. The summed E-state index contributed by atoms with van der Waals surface area (Å²) in [6.07, 6.45) is 1.12. The summed E-state index contributed by atoms with van der Waals surface area (Å²) >= 11 is 0. The van der Waals surface area contributed by atoms with Crippen molar-refractivity contribution >= 4 is 17.6 Å². The van der Waals surface area contributed by atoms with Crippen molar-refractivity contribution in [1.29, 1.82) is 0 Å². The molecule has 1 saturated heterocycles. The highest BCUT2D eigenvalue weighted by Gasteiger charge is 2.41. The molecule has 1 N–H and O–H groups in total. The number of non-ortho nitro benzene ring substituents is 1. The van der Waals surface area contributed by atoms with Gasteiger partial charge in [0.2, 0.25) is 0 Å². The highest BCUT2D eigenvalue weighted by molar-refractivity contribution is 5.99. The van der Waals surface area contributed by atoms with Crippen LogP contribution in [-0.4, -0.2) is 58.3 Å². The average Bonchev–Trinajstić information content (AvgIpc) is 2.92. The minimum Gasteiger partial charge on any atom is -0.466 e. The summed E-state index contributed by atoms with van der Waals surface area (Å²) in [6, 6.07) is 15.8. The van der Waals surface area contributed by atoms with Crippen molar-refractivity contribution in [2.45, 2.75) is 45.3 Å². The maximum absolute atomic E-state index is 13.7. The molecule has 0 saturated carbocycles. The fraction of sp³-hybridized carbons (Fsp3) is 0.357. The molecule has 0 radical (unpaired) electrons. The molecule has 0 aliphatic carbocycles. The van der Waals surface area contributed by atoms with Crippen LogP contribution in [-0.2, 0) is 25.6 Å². The smallest absolute Gasteiger partial charge is 0.337 e. The Balaban J connectivity index is 1.65. The molecule has 2 atom stereocenters. The molecule has 10 heteroatoms. The van der Waals surface area contributed by atoms with Crippen LogP contribution in [0.3, 0.4) is 0 Å². The standard InChI is InChI=1S/C28H31N3O7/c1-18-24(27(32)37-3)26(21-11-7-12-22(15-21)31(35)36)25(19(2)30(18)34)28(33)38-23-13-8-14-29(17-23)16-20-9-5-4-6-10-20/h4-7,9-12,15,23,26,34H,8,13-14,16-17H2,1-3H3. The van der Waals surface area contributed by atoms with Gasteiger partial charge in [-0.25, -0.2) is 14.7 Å². The fourth-order valence-corrected chi connectivity index (χ4v) is 5.14. The minimum atomic E-state index is -1.03. The Morgan fingerprint density at radius 3 is 2.39 bits per heavy atom. The third-order valence-electron chi connectivity index (χ3n) is 7.02. The molecule has 2 aromatic rings. The summed E-state index contributed by atoms with van der Waals surface area (Å²) < 4.78 is 10.9. The summed E-state index contributed by atoms with van der Waals surface area (Å²) in [5, 5.41) is 23.0. The number of nitrogens with zero attached hydrogens (tertiary/aromatic N) is 3. The first-order valence-corrected chi connectivity index (χ1v) is 12.4. The van der Waals surface area contributed by atoms with Crippen LogP contribution >= 0.6 is 0 Å². The zero-order chi connectivity index (χ0) is 27.4. The van der Waals surface area contributed by atoms with Gasteiger partial charge in [-0.3, -0.25) is 20.2 Å². The second-order valence-electron chi connectivity index (χ2n) is 9.48. The van der Waals surface area contributed by atoms with Crippen molar-refractivity contribution in [3.8, 4) is 0 Å². The van der Waals surface area contributed by atoms with E-state index < -0.39 is 28.9 Å². The molecule has 38 heavy (non-hydrogen) atoms. The van der Waals surface area contributed by atoms with E-state index in [2.05, 4.69) is 4.90 Å². The van der Waals surface area contributed by atoms with E-state index in [-0.39, 0.29) is 28.2 Å². The molecule has 0 bridgehead atoms. The summed E-state index contributed by atoms with van der Waals surface area (Å²) in [7, 11) is 1.20. The Labute approximate surface area is 220 Å². The maximum Gasteiger partial charge on any atom is 0.337 e. The van der Waals surface area contributed by atoms with E-state index in [1.807, 2.05) is 30.3 Å². The van der Waals surface area contributed by atoms with E-state index in [9.17, 15) is 24.9 Å². The van der Waals surface area contributed by atoms with Gasteiger partial charge in [0.1, 0.15) is 6.10 Å². The van der Waals surface area contributed by atoms with Crippen LogP contribution in [0.5, 0.6) is 0 Å². The Bertz CT molecular complexity index is 1290. The van der Waals surface area contributed by atoms with Crippen molar-refractivity contribution in [3.63, 3.8) is 0 Å². The van der Waals surface area contributed by atoms with Crippen LogP contribution in [0.2, 0.25) is 0 Å². The normalized spacial score (nSPS) is 20.4. The zero-order valence-corrected chi connectivity index (χ0v) is 21.6. The first kappa shape index (κ1) is 27.0. The lowest BCUT2D eigenvalue weighted by Gasteiger charge is -2.36. The number of esters is 2. The lowest BCUT2D eigenvalue weighted by molar-refractivity contribution is -0.384. The van der Waals surface area contributed by atoms with Gasteiger partial charge in [0.15, 0.2) is 0 Å². The van der Waals surface area contributed by atoms with Gasteiger partial charge in [-0.05, 0) is 44.4 Å². The van der Waals surface area contributed by atoms with E-state index in [0.717, 1.165) is 30.1 Å². The highest BCUT2D eigenvalue weighted by Crippen LogP contribution is 2.43. The van der Waals surface area contributed by atoms with E-state index in [1.165, 1.54) is 32.2 Å². The first-order chi connectivity index (χ1) is 18.2. The number of nitro groups is 1. The fourth-order valence-electron chi connectivity index (χ4n) is 5.14. The number of nitro benzene ring substituents is 1. The molecule has 4 rings (SSSR count). The van der Waals surface area contributed by atoms with E-state index in [4.69, 9.17) is 9.47 Å². The molecule has 10 nitrogen and oxygen atoms in total. The Morgan fingerprint density at radius 2 is 1.74 bits per heavy atom. The molecule has 1 fully saturated rings. The SMILES string of the molecule is COC(=O)C1=C(C)N(O)C(C)=C(C(=O)OC2CCCN(Cc3ccccc3)C2)C1c1cccc([N+](=O)[O-])c1. The number of likely N-dealkylation sites (tertiary alicyclic amines) is 1. The molecule has 2 aliphatic rings. The summed E-state index contributed by atoms with van der Waals surface area (Å²) in [6.45, 7) is 5.20. The van der Waals surface area contributed by atoms with Crippen molar-refractivity contribution in [2.75, 3.05) is 20.2 Å². The lowest BCUT2D eigenvalue weighted by atomic mass is 9.80. The van der Waals surface area contributed by atoms with Crippen LogP contribution in [0.25, 0.3) is 0 Å². The predicted octanol–water partition coefficient (Wildman–Crippen LogP) is 4.31. The Hall–Kier alpha value is -4.02. The largest absolute Gasteiger partial charge is 0.466 e. The van der Waals surface area contributed by atoms with Gasteiger partial charge in [0.25, 0.3) is 5.69 Å². The molecular weight excluding hydrogens is 490 g/mol. The van der Waals surface area contributed by atoms with Crippen LogP contribution in [0.4, 0.5) is 5.69 Å². The number of carbonyl (C=O) groups is 2. The molecule has 0 amide bonds. The number of rotatable bonds is 7. The third kappa shape index (κ3) is 5.61. The number of benzene rings is 2. The predicted molar refractivity (Wildman–Crippen MR) is 138 cm³/mol. The summed E-state index contributed by atoms with van der Waals surface area (Å²) in [5.74, 6) is -2.48. The van der Waals surface area contributed by atoms with Crippen LogP contribution in [0.1, 0.15) is 43.7 Å². The summed E-state index contributed by atoms with van der Waals surface area (Å²) in [4.78, 5) is 39.7. The number of methoxy groups -OCH3 is 1. The van der Waals surface area contributed by atoms with E-state index in [1.54, 1.807) is 13.0 Å². The van der Waals surface area contributed by atoms with Gasteiger partial charge in [0, 0.05) is 25.2 Å². The second kappa shape index (κ2) is 11.6. The monoisotopic (exact) mass is 521 g/mol. The number of ether oxygens (including phenoxy) is 2. The lowest BCUT2D eigenvalue weighted by Crippen LogP contribution is -2.41. The van der Waals surface area contributed by atoms with Crippen molar-refractivity contribution in [2.24, 2.45) is 0 Å². The van der Waals surface area contributed by atoms with Gasteiger partial charge in [0.05, 0.1) is 40.5 Å². The Kier molecular flexibility index (Phi) is 8.23. The average molecular weight is 522 g/mol. The molecule has 2 aromatic carbocycles. The van der Waals surface area contributed by atoms with Gasteiger partial charge in [-0.1, -0.05) is 42.5 Å². The van der Waals surface area contributed by atoms with Gasteiger partial charge >= 0.3 is 11.9 Å². The molecule has 2 aliphatic heterocycles. The van der Waals surface area contributed by atoms with Crippen LogP contribution in [0, 0.1) is 10.1 Å². The van der Waals surface area contributed by atoms with Crippen molar-refractivity contribution < 1.29 is 29.2 Å². The van der Waals surface area contributed by atoms with Gasteiger partial charge < -0.3 is 9.47 Å². The number of hydroxylamine groups is 2. The number of hydrogen-bond donors (Lipinski definition) is 1. The van der Waals surface area contributed by atoms with Crippen LogP contribution in [0.15, 0.2) is 77.1 Å². The molecule has 2 heterocycles. The summed E-state index contributed by atoms with van der Waals surface area (Å²) in [5.41, 5.74) is 1.68. The third-order valence-corrected chi connectivity index (χ3v) is 7.02. The van der Waals surface area contributed by atoms with Crippen molar-refractivity contribution in [1.82, 2.24) is 9.96 Å². The molecule has 200 valence electrons. The molecular formula is C28H31N3O7. The number of hydrogen-bond acceptors (Lipinski definition) is 9. The zero-order valence-electron chi connectivity index (χ0n) is 21.6. The van der Waals surface area contributed by atoms with Gasteiger partial charge in [-0.15, -0.1) is 0 Å². The quantitative estimate of drug-likeness (QED) is 0.322. The Morgan fingerprint density at radius 1 is 1.05 bits per heavy atom. The van der Waals surface area contributed by atoms with Crippen LogP contribution < -0.4 is 0 Å². The number of carbonyl (C=O) groups excluding carboxylic acids is 2. The highest BCUT2D eigenvalue weighted by atomic mass is 16.6. The molecule has 0 aromatic heterocycles.